The van der Waals surface area contributed by atoms with Gasteiger partial charge in [0, 0.05) is 17.1 Å². The summed E-state index contributed by atoms with van der Waals surface area (Å²) in [6, 6.07) is 12.2. The van der Waals surface area contributed by atoms with Crippen LogP contribution in [0.15, 0.2) is 36.4 Å². The zero-order valence-corrected chi connectivity index (χ0v) is 12.9. The summed E-state index contributed by atoms with van der Waals surface area (Å²) in [5, 5.41) is 4.06. The quantitative estimate of drug-likeness (QED) is 0.879. The SMILES string of the molecule is CCNCc1ccc(-c2cc(Cl)ccc2OC)c(C)c1. The van der Waals surface area contributed by atoms with Crippen LogP contribution in [-0.2, 0) is 6.54 Å². The zero-order chi connectivity index (χ0) is 14.5. The topological polar surface area (TPSA) is 21.3 Å². The fourth-order valence-corrected chi connectivity index (χ4v) is 2.47. The van der Waals surface area contributed by atoms with Crippen molar-refractivity contribution in [2.75, 3.05) is 13.7 Å². The second-order valence-corrected chi connectivity index (χ2v) is 5.21. The number of aryl methyl sites for hydroxylation is 1. The monoisotopic (exact) mass is 289 g/mol. The van der Waals surface area contributed by atoms with Gasteiger partial charge in [0.25, 0.3) is 0 Å². The standard InChI is InChI=1S/C17H20ClNO/c1-4-19-11-13-5-7-15(12(2)9-13)16-10-14(18)6-8-17(16)20-3/h5-10,19H,4,11H2,1-3H3. The van der Waals surface area contributed by atoms with Crippen molar-refractivity contribution in [2.45, 2.75) is 20.4 Å². The van der Waals surface area contributed by atoms with E-state index < -0.39 is 0 Å². The maximum atomic E-state index is 6.11. The molecule has 0 unspecified atom stereocenters. The van der Waals surface area contributed by atoms with E-state index in [2.05, 4.69) is 37.4 Å². The van der Waals surface area contributed by atoms with Gasteiger partial charge in [0.2, 0.25) is 0 Å². The maximum absolute atomic E-state index is 6.11. The molecule has 3 heteroatoms. The van der Waals surface area contributed by atoms with Crippen LogP contribution in [0.25, 0.3) is 11.1 Å². The molecule has 0 aliphatic rings. The third-order valence-corrected chi connectivity index (χ3v) is 3.56. The lowest BCUT2D eigenvalue weighted by molar-refractivity contribution is 0.416. The molecule has 0 fully saturated rings. The number of benzene rings is 2. The molecule has 0 atom stereocenters. The van der Waals surface area contributed by atoms with Gasteiger partial charge in [-0.1, -0.05) is 36.7 Å². The van der Waals surface area contributed by atoms with E-state index in [1.807, 2.05) is 18.2 Å². The lowest BCUT2D eigenvalue weighted by Crippen LogP contribution is -2.11. The van der Waals surface area contributed by atoms with Gasteiger partial charge in [-0.05, 0) is 48.4 Å². The van der Waals surface area contributed by atoms with E-state index in [0.29, 0.717) is 0 Å². The van der Waals surface area contributed by atoms with Gasteiger partial charge in [-0.3, -0.25) is 0 Å². The minimum absolute atomic E-state index is 0.719. The van der Waals surface area contributed by atoms with Crippen molar-refractivity contribution >= 4 is 11.6 Å². The smallest absolute Gasteiger partial charge is 0.126 e. The Morgan fingerprint density at radius 2 is 1.90 bits per heavy atom. The van der Waals surface area contributed by atoms with Crippen LogP contribution in [0.3, 0.4) is 0 Å². The predicted octanol–water partition coefficient (Wildman–Crippen LogP) is 4.43. The minimum atomic E-state index is 0.719. The number of halogens is 1. The van der Waals surface area contributed by atoms with Crippen molar-refractivity contribution in [3.63, 3.8) is 0 Å². The van der Waals surface area contributed by atoms with Crippen LogP contribution in [0.5, 0.6) is 5.75 Å². The first kappa shape index (κ1) is 14.9. The normalized spacial score (nSPS) is 10.6. The van der Waals surface area contributed by atoms with E-state index in [1.54, 1.807) is 7.11 Å². The van der Waals surface area contributed by atoms with Gasteiger partial charge in [-0.2, -0.15) is 0 Å². The summed E-state index contributed by atoms with van der Waals surface area (Å²) in [6.07, 6.45) is 0. The van der Waals surface area contributed by atoms with Crippen LogP contribution < -0.4 is 10.1 Å². The molecule has 106 valence electrons. The van der Waals surface area contributed by atoms with E-state index in [4.69, 9.17) is 16.3 Å². The molecule has 2 nitrogen and oxygen atoms in total. The Hall–Kier alpha value is -1.51. The number of nitrogens with one attached hydrogen (secondary N) is 1. The van der Waals surface area contributed by atoms with E-state index in [0.717, 1.165) is 35.0 Å². The Labute approximate surface area is 125 Å². The van der Waals surface area contributed by atoms with Gasteiger partial charge in [-0.15, -0.1) is 0 Å². The number of methoxy groups -OCH3 is 1. The molecule has 0 aliphatic heterocycles. The van der Waals surface area contributed by atoms with Gasteiger partial charge >= 0.3 is 0 Å². The molecule has 0 heterocycles. The molecule has 0 radical (unpaired) electrons. The summed E-state index contributed by atoms with van der Waals surface area (Å²) in [5.41, 5.74) is 4.70. The Morgan fingerprint density at radius 1 is 1.10 bits per heavy atom. The van der Waals surface area contributed by atoms with Crippen molar-refractivity contribution in [2.24, 2.45) is 0 Å². The fourth-order valence-electron chi connectivity index (χ4n) is 2.30. The molecule has 0 amide bonds. The molecule has 0 bridgehead atoms. The van der Waals surface area contributed by atoms with Crippen LogP contribution >= 0.6 is 11.6 Å². The molecular weight excluding hydrogens is 270 g/mol. The maximum Gasteiger partial charge on any atom is 0.126 e. The summed E-state index contributed by atoms with van der Waals surface area (Å²) < 4.78 is 5.43. The summed E-state index contributed by atoms with van der Waals surface area (Å²) in [4.78, 5) is 0. The average molecular weight is 290 g/mol. The molecule has 0 spiro atoms. The third-order valence-electron chi connectivity index (χ3n) is 3.32. The van der Waals surface area contributed by atoms with Crippen molar-refractivity contribution in [1.29, 1.82) is 0 Å². The first-order chi connectivity index (χ1) is 9.65. The number of hydrogen-bond donors (Lipinski definition) is 1. The van der Waals surface area contributed by atoms with Crippen LogP contribution in [0.4, 0.5) is 0 Å². The highest BCUT2D eigenvalue weighted by Gasteiger charge is 2.09. The molecule has 2 aromatic rings. The summed E-state index contributed by atoms with van der Waals surface area (Å²) >= 11 is 6.11. The summed E-state index contributed by atoms with van der Waals surface area (Å²) in [6.45, 7) is 6.09. The second-order valence-electron chi connectivity index (χ2n) is 4.77. The van der Waals surface area contributed by atoms with Crippen LogP contribution in [-0.4, -0.2) is 13.7 Å². The van der Waals surface area contributed by atoms with E-state index in [9.17, 15) is 0 Å². The molecule has 0 aliphatic carbocycles. The molecule has 20 heavy (non-hydrogen) atoms. The molecular formula is C17H20ClNO. The van der Waals surface area contributed by atoms with Crippen LogP contribution in [0, 0.1) is 6.92 Å². The fraction of sp³-hybridized carbons (Fsp3) is 0.294. The Kier molecular flexibility index (Phi) is 5.05. The van der Waals surface area contributed by atoms with Crippen molar-refractivity contribution < 1.29 is 4.74 Å². The van der Waals surface area contributed by atoms with Gasteiger partial charge in [0.15, 0.2) is 0 Å². The van der Waals surface area contributed by atoms with E-state index >= 15 is 0 Å². The van der Waals surface area contributed by atoms with E-state index in [1.165, 1.54) is 11.1 Å². The Balaban J connectivity index is 2.40. The second kappa shape index (κ2) is 6.78. The van der Waals surface area contributed by atoms with Crippen molar-refractivity contribution in [1.82, 2.24) is 5.32 Å². The first-order valence-corrected chi connectivity index (χ1v) is 7.17. The highest BCUT2D eigenvalue weighted by Crippen LogP contribution is 2.34. The Bertz CT molecular complexity index is 596. The third kappa shape index (κ3) is 3.33. The van der Waals surface area contributed by atoms with Gasteiger partial charge in [0.1, 0.15) is 5.75 Å². The largest absolute Gasteiger partial charge is 0.496 e. The van der Waals surface area contributed by atoms with Gasteiger partial charge in [0.05, 0.1) is 7.11 Å². The molecule has 0 saturated carbocycles. The molecule has 2 aromatic carbocycles. The highest BCUT2D eigenvalue weighted by atomic mass is 35.5. The van der Waals surface area contributed by atoms with Gasteiger partial charge in [-0.25, -0.2) is 0 Å². The van der Waals surface area contributed by atoms with Crippen LogP contribution in [0.2, 0.25) is 5.02 Å². The average Bonchev–Trinajstić information content (AvgIpc) is 2.45. The lowest BCUT2D eigenvalue weighted by atomic mass is 9.97. The first-order valence-electron chi connectivity index (χ1n) is 6.80. The van der Waals surface area contributed by atoms with Crippen molar-refractivity contribution in [3.05, 3.63) is 52.5 Å². The molecule has 2 rings (SSSR count). The lowest BCUT2D eigenvalue weighted by Gasteiger charge is -2.13. The molecule has 0 saturated heterocycles. The number of rotatable bonds is 5. The van der Waals surface area contributed by atoms with Gasteiger partial charge < -0.3 is 10.1 Å². The Morgan fingerprint density at radius 3 is 2.55 bits per heavy atom. The highest BCUT2D eigenvalue weighted by molar-refractivity contribution is 6.31. The number of hydrogen-bond acceptors (Lipinski definition) is 2. The molecule has 1 N–H and O–H groups in total. The summed E-state index contributed by atoms with van der Waals surface area (Å²) in [5.74, 6) is 0.844. The van der Waals surface area contributed by atoms with E-state index in [-0.39, 0.29) is 0 Å². The van der Waals surface area contributed by atoms with Crippen molar-refractivity contribution in [3.8, 4) is 16.9 Å². The zero-order valence-electron chi connectivity index (χ0n) is 12.2. The summed E-state index contributed by atoms with van der Waals surface area (Å²) in [7, 11) is 1.68. The minimum Gasteiger partial charge on any atom is -0.496 e. The van der Waals surface area contributed by atoms with Crippen LogP contribution in [0.1, 0.15) is 18.1 Å². The predicted molar refractivity (Wildman–Crippen MR) is 85.6 cm³/mol. The number of ether oxygens (including phenoxy) is 1. The molecule has 0 aromatic heterocycles.